The highest BCUT2D eigenvalue weighted by molar-refractivity contribution is 7.99. The number of carboxylic acid groups (broad SMARTS) is 1. The SMILES string of the molecule is CC[C@]1(c2ccc(O)cc2)CSc2cc(O)ccc2[C@H]1CCCCCCCCCC(CCCCCC(F)(F)C(F)(F)F)C(=O)O. The third kappa shape index (κ3) is 10.2. The van der Waals surface area contributed by atoms with E-state index in [9.17, 15) is 42.1 Å². The Bertz CT molecular complexity index is 1200. The Kier molecular flexibility index (Phi) is 13.9. The fourth-order valence-electron chi connectivity index (χ4n) is 6.67. The summed E-state index contributed by atoms with van der Waals surface area (Å²) in [4.78, 5) is 12.7. The lowest BCUT2D eigenvalue weighted by atomic mass is 9.65. The van der Waals surface area contributed by atoms with Gasteiger partial charge in [-0.1, -0.05) is 82.9 Å². The summed E-state index contributed by atoms with van der Waals surface area (Å²) >= 11 is 1.78. The van der Waals surface area contributed by atoms with E-state index in [0.717, 1.165) is 68.4 Å². The first-order valence-electron chi connectivity index (χ1n) is 16.2. The Morgan fingerprint density at radius 3 is 1.98 bits per heavy atom. The molecule has 2 aromatic rings. The Labute approximate surface area is 267 Å². The molecule has 0 fully saturated rings. The molecular formula is C35H47F5O4S. The summed E-state index contributed by atoms with van der Waals surface area (Å²) in [7, 11) is 0. The van der Waals surface area contributed by atoms with Crippen LogP contribution in [0.25, 0.3) is 0 Å². The molecule has 45 heavy (non-hydrogen) atoms. The van der Waals surface area contributed by atoms with E-state index in [2.05, 4.69) is 13.0 Å². The number of phenols is 2. The molecule has 252 valence electrons. The molecule has 0 spiro atoms. The van der Waals surface area contributed by atoms with Gasteiger partial charge in [-0.25, -0.2) is 0 Å². The van der Waals surface area contributed by atoms with Crippen LogP contribution in [0, 0.1) is 5.92 Å². The van der Waals surface area contributed by atoms with Crippen LogP contribution in [-0.4, -0.2) is 39.1 Å². The summed E-state index contributed by atoms with van der Waals surface area (Å²) in [5.74, 6) is -4.52. The lowest BCUT2D eigenvalue weighted by molar-refractivity contribution is -0.284. The van der Waals surface area contributed by atoms with Crippen LogP contribution in [-0.2, 0) is 10.2 Å². The smallest absolute Gasteiger partial charge is 0.453 e. The molecule has 1 unspecified atom stereocenters. The maximum absolute atomic E-state index is 13.0. The Balaban J connectivity index is 1.39. The first-order chi connectivity index (χ1) is 21.3. The van der Waals surface area contributed by atoms with Crippen LogP contribution < -0.4 is 0 Å². The molecule has 0 aliphatic carbocycles. The molecule has 3 atom stereocenters. The van der Waals surface area contributed by atoms with Gasteiger partial charge in [0.15, 0.2) is 0 Å². The molecule has 0 bridgehead atoms. The van der Waals surface area contributed by atoms with Gasteiger partial charge >= 0.3 is 18.1 Å². The molecule has 1 aliphatic rings. The van der Waals surface area contributed by atoms with E-state index >= 15 is 0 Å². The van der Waals surface area contributed by atoms with Gasteiger partial charge in [-0.05, 0) is 73.4 Å². The van der Waals surface area contributed by atoms with Crippen molar-refractivity contribution in [3.63, 3.8) is 0 Å². The van der Waals surface area contributed by atoms with Crippen LogP contribution in [0.15, 0.2) is 47.4 Å². The predicted octanol–water partition coefficient (Wildman–Crippen LogP) is 11.0. The average molecular weight is 659 g/mol. The quantitative estimate of drug-likeness (QED) is 0.103. The minimum atomic E-state index is -5.54. The van der Waals surface area contributed by atoms with Crippen molar-refractivity contribution in [3.8, 4) is 11.5 Å². The normalized spacial score (nSPS) is 19.3. The van der Waals surface area contributed by atoms with E-state index in [1.54, 1.807) is 30.0 Å². The van der Waals surface area contributed by atoms with Gasteiger partial charge in [-0.15, -0.1) is 11.8 Å². The summed E-state index contributed by atoms with van der Waals surface area (Å²) in [6, 6.07) is 13.3. The second kappa shape index (κ2) is 16.9. The number of hydrogen-bond acceptors (Lipinski definition) is 4. The molecule has 4 nitrogen and oxygen atoms in total. The lowest BCUT2D eigenvalue weighted by Gasteiger charge is -2.45. The van der Waals surface area contributed by atoms with Crippen LogP contribution >= 0.6 is 11.8 Å². The second-order valence-corrected chi connectivity index (χ2v) is 13.5. The number of thioether (sulfide) groups is 1. The number of carbonyl (C=O) groups is 1. The monoisotopic (exact) mass is 658 g/mol. The number of alkyl halides is 5. The molecule has 0 radical (unpaired) electrons. The number of aliphatic carboxylic acids is 1. The van der Waals surface area contributed by atoms with Crippen molar-refractivity contribution < 1.29 is 42.1 Å². The maximum atomic E-state index is 13.0. The third-order valence-electron chi connectivity index (χ3n) is 9.45. The van der Waals surface area contributed by atoms with Crippen LogP contribution in [0.1, 0.15) is 120 Å². The van der Waals surface area contributed by atoms with Gasteiger partial charge in [-0.2, -0.15) is 22.0 Å². The highest BCUT2D eigenvalue weighted by atomic mass is 32.2. The van der Waals surface area contributed by atoms with E-state index < -0.39 is 30.4 Å². The van der Waals surface area contributed by atoms with Crippen molar-refractivity contribution >= 4 is 17.7 Å². The largest absolute Gasteiger partial charge is 0.508 e. The minimum absolute atomic E-state index is 0.0723. The van der Waals surface area contributed by atoms with Gasteiger partial charge in [0.25, 0.3) is 0 Å². The number of benzene rings is 2. The molecule has 0 amide bonds. The number of aromatic hydroxyl groups is 2. The fraction of sp³-hybridized carbons (Fsp3) is 0.629. The predicted molar refractivity (Wildman–Crippen MR) is 168 cm³/mol. The number of unbranched alkanes of at least 4 members (excludes halogenated alkanes) is 8. The fourth-order valence-corrected chi connectivity index (χ4v) is 8.24. The van der Waals surface area contributed by atoms with Crippen molar-refractivity contribution in [2.75, 3.05) is 5.75 Å². The zero-order valence-corrected chi connectivity index (χ0v) is 26.9. The Hall–Kier alpha value is -2.49. The maximum Gasteiger partial charge on any atom is 0.453 e. The summed E-state index contributed by atoms with van der Waals surface area (Å²) in [5.41, 5.74) is 2.42. The van der Waals surface area contributed by atoms with Gasteiger partial charge in [0, 0.05) is 22.5 Å². The van der Waals surface area contributed by atoms with E-state index in [0.29, 0.717) is 19.3 Å². The van der Waals surface area contributed by atoms with Crippen LogP contribution in [0.2, 0.25) is 0 Å². The number of halogens is 5. The van der Waals surface area contributed by atoms with Gasteiger partial charge in [0.2, 0.25) is 0 Å². The zero-order chi connectivity index (χ0) is 33.1. The van der Waals surface area contributed by atoms with Gasteiger partial charge in [0.05, 0.1) is 5.92 Å². The van der Waals surface area contributed by atoms with E-state index in [1.165, 1.54) is 11.1 Å². The minimum Gasteiger partial charge on any atom is -0.508 e. The third-order valence-corrected chi connectivity index (χ3v) is 10.8. The van der Waals surface area contributed by atoms with E-state index in [-0.39, 0.29) is 35.7 Å². The molecule has 1 aliphatic heterocycles. The first kappa shape index (κ1) is 37.0. The number of rotatable bonds is 19. The molecule has 0 saturated carbocycles. The topological polar surface area (TPSA) is 77.8 Å². The first-order valence-corrected chi connectivity index (χ1v) is 17.2. The van der Waals surface area contributed by atoms with Gasteiger partial charge < -0.3 is 15.3 Å². The van der Waals surface area contributed by atoms with Crippen molar-refractivity contribution in [1.29, 1.82) is 0 Å². The molecule has 0 saturated heterocycles. The molecular weight excluding hydrogens is 611 g/mol. The van der Waals surface area contributed by atoms with Crippen LogP contribution in [0.3, 0.4) is 0 Å². The Morgan fingerprint density at radius 1 is 0.844 bits per heavy atom. The highest BCUT2D eigenvalue weighted by Crippen LogP contribution is 2.54. The molecule has 1 heterocycles. The van der Waals surface area contributed by atoms with E-state index in [1.807, 2.05) is 18.2 Å². The average Bonchev–Trinajstić information content (AvgIpc) is 2.98. The van der Waals surface area contributed by atoms with Crippen molar-refractivity contribution in [2.45, 2.75) is 132 Å². The number of fused-ring (bicyclic) bond motifs is 1. The Morgan fingerprint density at radius 2 is 1.40 bits per heavy atom. The standard InChI is InChI=1S/C35H47F5O4S/c1-2-33(26-16-18-27(41)19-17-26)24-45-31-23-28(42)20-21-29(31)30(33)15-11-7-5-3-4-6-9-13-25(32(43)44)14-10-8-12-22-34(36,37)35(38,39)40/h16-21,23,25,30,41-42H,2-15,22,24H2,1H3,(H,43,44)/t25?,30-,33-/m1/s1. The molecule has 10 heteroatoms. The highest BCUT2D eigenvalue weighted by Gasteiger charge is 2.56. The lowest BCUT2D eigenvalue weighted by Crippen LogP contribution is -2.38. The number of hydrogen-bond donors (Lipinski definition) is 3. The second-order valence-electron chi connectivity index (χ2n) is 12.5. The van der Waals surface area contributed by atoms with Crippen LogP contribution in [0.5, 0.6) is 11.5 Å². The zero-order valence-electron chi connectivity index (χ0n) is 26.1. The van der Waals surface area contributed by atoms with E-state index in [4.69, 9.17) is 0 Å². The molecule has 3 N–H and O–H groups in total. The number of carboxylic acids is 1. The van der Waals surface area contributed by atoms with Gasteiger partial charge in [0.1, 0.15) is 11.5 Å². The summed E-state index contributed by atoms with van der Waals surface area (Å²) in [5, 5.41) is 29.5. The molecule has 2 aromatic carbocycles. The van der Waals surface area contributed by atoms with Gasteiger partial charge in [-0.3, -0.25) is 4.79 Å². The van der Waals surface area contributed by atoms with Crippen molar-refractivity contribution in [2.24, 2.45) is 5.92 Å². The molecule has 0 aromatic heterocycles. The summed E-state index contributed by atoms with van der Waals surface area (Å²) < 4.78 is 62.9. The summed E-state index contributed by atoms with van der Waals surface area (Å²) in [6.07, 6.45) is 3.04. The summed E-state index contributed by atoms with van der Waals surface area (Å²) in [6.45, 7) is 2.22. The molecule has 3 rings (SSSR count). The number of phenolic OH excluding ortho intramolecular Hbond substituents is 2. The van der Waals surface area contributed by atoms with Crippen molar-refractivity contribution in [3.05, 3.63) is 53.6 Å². The van der Waals surface area contributed by atoms with Crippen molar-refractivity contribution in [1.82, 2.24) is 0 Å². The van der Waals surface area contributed by atoms with Crippen LogP contribution in [0.4, 0.5) is 22.0 Å².